The maximum absolute atomic E-state index is 11.5. The van der Waals surface area contributed by atoms with Gasteiger partial charge in [0.15, 0.2) is 0 Å². The Morgan fingerprint density at radius 2 is 1.86 bits per heavy atom. The molecule has 5 heteroatoms. The molecular formula is C17H19N3O2. The average Bonchev–Trinajstić information content (AvgIpc) is 2.54. The van der Waals surface area contributed by atoms with E-state index in [1.54, 1.807) is 12.1 Å². The highest BCUT2D eigenvalue weighted by atomic mass is 16.5. The zero-order valence-electron chi connectivity index (χ0n) is 12.2. The predicted octanol–water partition coefficient (Wildman–Crippen LogP) is 2.79. The summed E-state index contributed by atoms with van der Waals surface area (Å²) in [6, 6.07) is 14.9. The number of rotatable bonds is 5. The quantitative estimate of drug-likeness (QED) is 0.740. The van der Waals surface area contributed by atoms with Crippen molar-refractivity contribution in [2.45, 2.75) is 6.61 Å². The summed E-state index contributed by atoms with van der Waals surface area (Å²) < 4.78 is 5.09. The zero-order chi connectivity index (χ0) is 15.8. The van der Waals surface area contributed by atoms with Crippen LogP contribution in [0.25, 0.3) is 6.08 Å². The molecule has 0 radical (unpaired) electrons. The Morgan fingerprint density at radius 3 is 2.59 bits per heavy atom. The number of anilines is 2. The van der Waals surface area contributed by atoms with Crippen LogP contribution in [-0.2, 0) is 11.3 Å². The molecule has 2 rings (SSSR count). The molecule has 0 aliphatic heterocycles. The SMILES string of the molecule is Nc1ccc(C=CCNC(=O)OCc2ccccc2)cc1N. The number of nitrogens with one attached hydrogen (secondary N) is 1. The third-order valence-corrected chi connectivity index (χ3v) is 3.00. The number of carbonyl (C=O) groups is 1. The summed E-state index contributed by atoms with van der Waals surface area (Å²) in [7, 11) is 0. The fraction of sp³-hybridized carbons (Fsp3) is 0.118. The van der Waals surface area contributed by atoms with Crippen molar-refractivity contribution in [3.8, 4) is 0 Å². The van der Waals surface area contributed by atoms with Crippen LogP contribution in [0.3, 0.4) is 0 Å². The smallest absolute Gasteiger partial charge is 0.407 e. The number of nitrogens with two attached hydrogens (primary N) is 2. The highest BCUT2D eigenvalue weighted by Crippen LogP contribution is 2.16. The standard InChI is InChI=1S/C17H19N3O2/c18-15-9-8-13(11-16(15)19)7-4-10-20-17(21)22-12-14-5-2-1-3-6-14/h1-9,11H,10,12,18-19H2,(H,20,21). The van der Waals surface area contributed by atoms with E-state index in [1.165, 1.54) is 0 Å². The maximum Gasteiger partial charge on any atom is 0.407 e. The van der Waals surface area contributed by atoms with E-state index >= 15 is 0 Å². The molecule has 22 heavy (non-hydrogen) atoms. The van der Waals surface area contributed by atoms with E-state index in [1.807, 2.05) is 48.6 Å². The Balaban J connectivity index is 1.72. The van der Waals surface area contributed by atoms with Gasteiger partial charge in [0, 0.05) is 6.54 Å². The molecule has 0 aliphatic rings. The summed E-state index contributed by atoms with van der Waals surface area (Å²) in [5.41, 5.74) is 14.3. The van der Waals surface area contributed by atoms with Crippen molar-refractivity contribution in [3.05, 3.63) is 65.7 Å². The molecule has 0 fully saturated rings. The van der Waals surface area contributed by atoms with Crippen LogP contribution >= 0.6 is 0 Å². The van der Waals surface area contributed by atoms with Gasteiger partial charge in [-0.05, 0) is 23.3 Å². The number of amides is 1. The molecular weight excluding hydrogens is 278 g/mol. The van der Waals surface area contributed by atoms with E-state index in [2.05, 4.69) is 5.32 Å². The maximum atomic E-state index is 11.5. The molecule has 2 aromatic rings. The van der Waals surface area contributed by atoms with E-state index in [-0.39, 0.29) is 6.61 Å². The fourth-order valence-corrected chi connectivity index (χ4v) is 1.81. The normalized spacial score (nSPS) is 10.5. The lowest BCUT2D eigenvalue weighted by atomic mass is 10.1. The van der Waals surface area contributed by atoms with Gasteiger partial charge >= 0.3 is 6.09 Å². The van der Waals surface area contributed by atoms with E-state index < -0.39 is 6.09 Å². The number of alkyl carbamates (subject to hydrolysis) is 1. The Labute approximate surface area is 129 Å². The lowest BCUT2D eigenvalue weighted by Crippen LogP contribution is -2.24. The van der Waals surface area contributed by atoms with Crippen LogP contribution < -0.4 is 16.8 Å². The molecule has 5 nitrogen and oxygen atoms in total. The van der Waals surface area contributed by atoms with E-state index in [0.717, 1.165) is 11.1 Å². The second kappa shape index (κ2) is 7.73. The molecule has 1 amide bonds. The number of ether oxygens (including phenoxy) is 1. The second-order valence-corrected chi connectivity index (χ2v) is 4.73. The van der Waals surface area contributed by atoms with Crippen LogP contribution in [-0.4, -0.2) is 12.6 Å². The summed E-state index contributed by atoms with van der Waals surface area (Å²) in [4.78, 5) is 11.5. The van der Waals surface area contributed by atoms with Crippen LogP contribution in [0, 0.1) is 0 Å². The molecule has 0 spiro atoms. The fourth-order valence-electron chi connectivity index (χ4n) is 1.81. The molecule has 0 unspecified atom stereocenters. The Bertz CT molecular complexity index is 654. The Hall–Kier alpha value is -2.95. The Kier molecular flexibility index (Phi) is 5.43. The second-order valence-electron chi connectivity index (χ2n) is 4.73. The van der Waals surface area contributed by atoms with Crippen molar-refractivity contribution in [1.29, 1.82) is 0 Å². The van der Waals surface area contributed by atoms with Gasteiger partial charge in [0.2, 0.25) is 0 Å². The minimum Gasteiger partial charge on any atom is -0.445 e. The van der Waals surface area contributed by atoms with Crippen LogP contribution in [0.5, 0.6) is 0 Å². The van der Waals surface area contributed by atoms with Crippen molar-refractivity contribution >= 4 is 23.5 Å². The van der Waals surface area contributed by atoms with E-state index in [0.29, 0.717) is 17.9 Å². The summed E-state index contributed by atoms with van der Waals surface area (Å²) >= 11 is 0. The summed E-state index contributed by atoms with van der Waals surface area (Å²) in [5.74, 6) is 0. The van der Waals surface area contributed by atoms with Crippen molar-refractivity contribution in [2.24, 2.45) is 0 Å². The zero-order valence-corrected chi connectivity index (χ0v) is 12.2. The first-order chi connectivity index (χ1) is 10.6. The van der Waals surface area contributed by atoms with Gasteiger partial charge in [-0.15, -0.1) is 0 Å². The third-order valence-electron chi connectivity index (χ3n) is 3.00. The number of hydrogen-bond acceptors (Lipinski definition) is 4. The van der Waals surface area contributed by atoms with Crippen LogP contribution in [0.15, 0.2) is 54.6 Å². The van der Waals surface area contributed by atoms with Crippen LogP contribution in [0.2, 0.25) is 0 Å². The first kappa shape index (κ1) is 15.4. The molecule has 0 saturated heterocycles. The van der Waals surface area contributed by atoms with Gasteiger partial charge in [-0.2, -0.15) is 0 Å². The van der Waals surface area contributed by atoms with E-state index in [9.17, 15) is 4.79 Å². The summed E-state index contributed by atoms with van der Waals surface area (Å²) in [6.45, 7) is 0.628. The number of carbonyl (C=O) groups excluding carboxylic acids is 1. The minimum absolute atomic E-state index is 0.255. The monoisotopic (exact) mass is 297 g/mol. The number of nitrogen functional groups attached to an aromatic ring is 2. The van der Waals surface area contributed by atoms with Crippen molar-refractivity contribution in [1.82, 2.24) is 5.32 Å². The molecule has 2 aromatic carbocycles. The van der Waals surface area contributed by atoms with Crippen LogP contribution in [0.4, 0.5) is 16.2 Å². The molecule has 0 saturated carbocycles. The molecule has 0 heterocycles. The topological polar surface area (TPSA) is 90.4 Å². The lowest BCUT2D eigenvalue weighted by molar-refractivity contribution is 0.141. The highest BCUT2D eigenvalue weighted by molar-refractivity contribution is 5.69. The van der Waals surface area contributed by atoms with Gasteiger partial charge in [0.1, 0.15) is 6.61 Å². The molecule has 0 atom stereocenters. The minimum atomic E-state index is -0.453. The van der Waals surface area contributed by atoms with Crippen molar-refractivity contribution in [2.75, 3.05) is 18.0 Å². The molecule has 5 N–H and O–H groups in total. The molecule has 114 valence electrons. The van der Waals surface area contributed by atoms with Gasteiger partial charge in [-0.25, -0.2) is 4.79 Å². The van der Waals surface area contributed by atoms with Gasteiger partial charge in [-0.1, -0.05) is 48.6 Å². The van der Waals surface area contributed by atoms with Crippen molar-refractivity contribution < 1.29 is 9.53 Å². The van der Waals surface area contributed by atoms with Gasteiger partial charge in [-0.3, -0.25) is 0 Å². The predicted molar refractivity (Wildman–Crippen MR) is 88.9 cm³/mol. The Morgan fingerprint density at radius 1 is 1.09 bits per heavy atom. The van der Waals surface area contributed by atoms with E-state index in [4.69, 9.17) is 16.2 Å². The molecule has 0 bridgehead atoms. The summed E-state index contributed by atoms with van der Waals surface area (Å²) in [5, 5.41) is 2.65. The number of hydrogen-bond donors (Lipinski definition) is 3. The van der Waals surface area contributed by atoms with Gasteiger partial charge in [0.05, 0.1) is 11.4 Å². The first-order valence-electron chi connectivity index (χ1n) is 6.91. The van der Waals surface area contributed by atoms with Gasteiger partial charge < -0.3 is 21.5 Å². The van der Waals surface area contributed by atoms with Gasteiger partial charge in [0.25, 0.3) is 0 Å². The molecule has 0 aliphatic carbocycles. The highest BCUT2D eigenvalue weighted by Gasteiger charge is 2.00. The average molecular weight is 297 g/mol. The molecule has 0 aromatic heterocycles. The van der Waals surface area contributed by atoms with Crippen molar-refractivity contribution in [3.63, 3.8) is 0 Å². The summed E-state index contributed by atoms with van der Waals surface area (Å²) in [6.07, 6.45) is 3.22. The third kappa shape index (κ3) is 4.86. The number of benzene rings is 2. The lowest BCUT2D eigenvalue weighted by Gasteiger charge is -2.05. The first-order valence-corrected chi connectivity index (χ1v) is 6.91. The van der Waals surface area contributed by atoms with Crippen LogP contribution in [0.1, 0.15) is 11.1 Å². The largest absolute Gasteiger partial charge is 0.445 e.